The predicted molar refractivity (Wildman–Crippen MR) is 113 cm³/mol. The highest BCUT2D eigenvalue weighted by molar-refractivity contribution is 5.68. The van der Waals surface area contributed by atoms with Gasteiger partial charge in [-0.05, 0) is 43.5 Å². The summed E-state index contributed by atoms with van der Waals surface area (Å²) in [5, 5.41) is 5.41. The van der Waals surface area contributed by atoms with E-state index in [9.17, 15) is 9.59 Å². The molecule has 0 fully saturated rings. The number of alkyl carbamates (subject to hydrolysis) is 2. The fourth-order valence-electron chi connectivity index (χ4n) is 2.41. The summed E-state index contributed by atoms with van der Waals surface area (Å²) < 4.78 is 10.4. The fraction of sp³-hybridized carbons (Fsp3) is 0.304. The van der Waals surface area contributed by atoms with Crippen molar-refractivity contribution in [2.24, 2.45) is 0 Å². The lowest BCUT2D eigenvalue weighted by Gasteiger charge is -2.19. The number of carbonyl (C=O) groups is 2. The van der Waals surface area contributed by atoms with Gasteiger partial charge in [0.15, 0.2) is 0 Å². The molecule has 2 rings (SSSR count). The smallest absolute Gasteiger partial charge is 0.407 e. The molecule has 0 radical (unpaired) electrons. The molecule has 0 unspecified atom stereocenters. The van der Waals surface area contributed by atoms with E-state index in [4.69, 9.17) is 9.47 Å². The molecule has 2 amide bonds. The maximum absolute atomic E-state index is 11.7. The van der Waals surface area contributed by atoms with E-state index in [1.165, 1.54) is 0 Å². The van der Waals surface area contributed by atoms with Crippen LogP contribution in [0.5, 0.6) is 0 Å². The van der Waals surface area contributed by atoms with Crippen molar-refractivity contribution in [2.75, 3.05) is 6.54 Å². The third-order valence-electron chi connectivity index (χ3n) is 3.67. The maximum Gasteiger partial charge on any atom is 0.407 e. The van der Waals surface area contributed by atoms with Crippen molar-refractivity contribution >= 4 is 18.3 Å². The summed E-state index contributed by atoms with van der Waals surface area (Å²) in [7, 11) is 0. The van der Waals surface area contributed by atoms with Crippen molar-refractivity contribution in [3.8, 4) is 0 Å². The van der Waals surface area contributed by atoms with E-state index in [2.05, 4.69) is 10.6 Å². The van der Waals surface area contributed by atoms with Crippen LogP contribution in [0.2, 0.25) is 0 Å². The molecule has 2 aromatic rings. The van der Waals surface area contributed by atoms with Crippen molar-refractivity contribution in [2.45, 2.75) is 39.5 Å². The van der Waals surface area contributed by atoms with Crippen LogP contribution in [-0.2, 0) is 22.6 Å². The van der Waals surface area contributed by atoms with Crippen molar-refractivity contribution in [1.82, 2.24) is 10.6 Å². The highest BCUT2D eigenvalue weighted by Crippen LogP contribution is 2.09. The van der Waals surface area contributed by atoms with Crippen LogP contribution in [-0.4, -0.2) is 24.3 Å². The molecule has 0 spiro atoms. The van der Waals surface area contributed by atoms with Gasteiger partial charge in [0.2, 0.25) is 0 Å². The second kappa shape index (κ2) is 10.9. The molecule has 154 valence electrons. The molecule has 0 aliphatic rings. The molecule has 0 aromatic heterocycles. The SMILES string of the molecule is CC(C)(C)OC(=O)NCc1cccc(C=CCNC(=O)OCc2ccccc2)c1. The van der Waals surface area contributed by atoms with Crippen LogP contribution in [0.15, 0.2) is 60.7 Å². The number of nitrogens with one attached hydrogen (secondary N) is 2. The van der Waals surface area contributed by atoms with Crippen LogP contribution in [0.25, 0.3) is 6.08 Å². The molecule has 29 heavy (non-hydrogen) atoms. The molecule has 0 saturated carbocycles. The van der Waals surface area contributed by atoms with Gasteiger partial charge in [0.25, 0.3) is 0 Å². The zero-order valence-electron chi connectivity index (χ0n) is 17.1. The Kier molecular flexibility index (Phi) is 8.27. The number of hydrogen-bond acceptors (Lipinski definition) is 4. The Labute approximate surface area is 171 Å². The first kappa shape index (κ1) is 22.0. The first-order valence-electron chi connectivity index (χ1n) is 9.49. The van der Waals surface area contributed by atoms with Gasteiger partial charge < -0.3 is 20.1 Å². The van der Waals surface area contributed by atoms with Crippen molar-refractivity contribution in [3.63, 3.8) is 0 Å². The highest BCUT2D eigenvalue weighted by Gasteiger charge is 2.15. The van der Waals surface area contributed by atoms with Crippen molar-refractivity contribution in [1.29, 1.82) is 0 Å². The molecule has 0 aliphatic carbocycles. The molecule has 6 heteroatoms. The van der Waals surface area contributed by atoms with Crippen LogP contribution in [0, 0.1) is 0 Å². The number of amides is 2. The van der Waals surface area contributed by atoms with E-state index >= 15 is 0 Å². The minimum absolute atomic E-state index is 0.239. The molecule has 0 atom stereocenters. The largest absolute Gasteiger partial charge is 0.445 e. The molecule has 0 heterocycles. The third-order valence-corrected chi connectivity index (χ3v) is 3.67. The van der Waals surface area contributed by atoms with Gasteiger partial charge in [-0.3, -0.25) is 0 Å². The Morgan fingerprint density at radius 3 is 2.38 bits per heavy atom. The topological polar surface area (TPSA) is 76.7 Å². The Balaban J connectivity index is 1.72. The summed E-state index contributed by atoms with van der Waals surface area (Å²) in [6.07, 6.45) is 2.82. The maximum atomic E-state index is 11.7. The van der Waals surface area contributed by atoms with Crippen LogP contribution in [0.1, 0.15) is 37.5 Å². The van der Waals surface area contributed by atoms with E-state index in [1.807, 2.05) is 87.5 Å². The van der Waals surface area contributed by atoms with Gasteiger partial charge in [-0.15, -0.1) is 0 Å². The standard InChI is InChI=1S/C23H28N2O4/c1-23(2,3)29-22(27)25-16-20-12-7-11-18(15-20)13-8-14-24-21(26)28-17-19-9-5-4-6-10-19/h4-13,15H,14,16-17H2,1-3H3,(H,24,26)(H,25,27). The van der Waals surface area contributed by atoms with Crippen molar-refractivity contribution in [3.05, 3.63) is 77.4 Å². The van der Waals surface area contributed by atoms with Gasteiger partial charge in [0.05, 0.1) is 0 Å². The lowest BCUT2D eigenvalue weighted by molar-refractivity contribution is 0.0523. The highest BCUT2D eigenvalue weighted by atomic mass is 16.6. The summed E-state index contributed by atoms with van der Waals surface area (Å²) >= 11 is 0. The van der Waals surface area contributed by atoms with Gasteiger partial charge in [-0.1, -0.05) is 60.7 Å². The number of carbonyl (C=O) groups excluding carboxylic acids is 2. The normalized spacial score (nSPS) is 11.1. The van der Waals surface area contributed by atoms with E-state index in [-0.39, 0.29) is 6.61 Å². The van der Waals surface area contributed by atoms with Crippen LogP contribution < -0.4 is 10.6 Å². The van der Waals surface area contributed by atoms with E-state index in [1.54, 1.807) is 0 Å². The lowest BCUT2D eigenvalue weighted by atomic mass is 10.1. The molecular formula is C23H28N2O4. The zero-order chi connectivity index (χ0) is 21.1. The minimum atomic E-state index is -0.524. The molecular weight excluding hydrogens is 368 g/mol. The average molecular weight is 396 g/mol. The molecule has 2 N–H and O–H groups in total. The van der Waals surface area contributed by atoms with Gasteiger partial charge >= 0.3 is 12.2 Å². The summed E-state index contributed by atoms with van der Waals surface area (Å²) in [6.45, 7) is 6.44. The van der Waals surface area contributed by atoms with E-state index in [0.717, 1.165) is 16.7 Å². The quantitative estimate of drug-likeness (QED) is 0.714. The third kappa shape index (κ3) is 9.46. The van der Waals surface area contributed by atoms with E-state index < -0.39 is 17.8 Å². The first-order valence-corrected chi connectivity index (χ1v) is 9.49. The van der Waals surface area contributed by atoms with Crippen LogP contribution in [0.3, 0.4) is 0 Å². The summed E-state index contributed by atoms with van der Waals surface area (Å²) in [6, 6.07) is 17.3. The van der Waals surface area contributed by atoms with Gasteiger partial charge in [-0.25, -0.2) is 9.59 Å². The number of rotatable bonds is 7. The molecule has 0 aliphatic heterocycles. The summed E-state index contributed by atoms with van der Waals surface area (Å²) in [4.78, 5) is 23.4. The summed E-state index contributed by atoms with van der Waals surface area (Å²) in [5.41, 5.74) is 2.33. The predicted octanol–water partition coefficient (Wildman–Crippen LogP) is 4.65. The Morgan fingerprint density at radius 1 is 0.931 bits per heavy atom. The number of benzene rings is 2. The van der Waals surface area contributed by atoms with Crippen molar-refractivity contribution < 1.29 is 19.1 Å². The summed E-state index contributed by atoms with van der Waals surface area (Å²) in [5.74, 6) is 0. The second-order valence-electron chi connectivity index (χ2n) is 7.45. The monoisotopic (exact) mass is 396 g/mol. The Hall–Kier alpha value is -3.28. The first-order chi connectivity index (χ1) is 13.8. The molecule has 6 nitrogen and oxygen atoms in total. The number of hydrogen-bond donors (Lipinski definition) is 2. The van der Waals surface area contributed by atoms with Gasteiger partial charge in [-0.2, -0.15) is 0 Å². The second-order valence-corrected chi connectivity index (χ2v) is 7.45. The Morgan fingerprint density at radius 2 is 1.66 bits per heavy atom. The lowest BCUT2D eigenvalue weighted by Crippen LogP contribution is -2.32. The zero-order valence-corrected chi connectivity index (χ0v) is 17.1. The Bertz CT molecular complexity index is 826. The fourth-order valence-corrected chi connectivity index (χ4v) is 2.41. The van der Waals surface area contributed by atoms with Crippen LogP contribution >= 0.6 is 0 Å². The molecule has 0 bridgehead atoms. The molecule has 0 saturated heterocycles. The van der Waals surface area contributed by atoms with E-state index in [0.29, 0.717) is 13.1 Å². The average Bonchev–Trinajstić information content (AvgIpc) is 2.68. The van der Waals surface area contributed by atoms with Crippen LogP contribution in [0.4, 0.5) is 9.59 Å². The van der Waals surface area contributed by atoms with Gasteiger partial charge in [0, 0.05) is 13.1 Å². The van der Waals surface area contributed by atoms with Gasteiger partial charge in [0.1, 0.15) is 12.2 Å². The minimum Gasteiger partial charge on any atom is -0.445 e. The molecule has 2 aromatic carbocycles. The number of ether oxygens (including phenoxy) is 2.